The van der Waals surface area contributed by atoms with Crippen molar-refractivity contribution in [3.63, 3.8) is 0 Å². The number of nitrogens with zero attached hydrogens (tertiary/aromatic N) is 5. The first-order valence-corrected chi connectivity index (χ1v) is 11.5. The predicted molar refractivity (Wildman–Crippen MR) is 126 cm³/mol. The quantitative estimate of drug-likeness (QED) is 0.567. The first-order valence-electron chi connectivity index (χ1n) is 11.5. The summed E-state index contributed by atoms with van der Waals surface area (Å²) in [5.74, 6) is -0.419. The van der Waals surface area contributed by atoms with Crippen molar-refractivity contribution in [3.05, 3.63) is 66.2 Å². The van der Waals surface area contributed by atoms with Crippen molar-refractivity contribution in [1.29, 1.82) is 0 Å². The first-order chi connectivity index (χ1) is 17.1. The smallest absolute Gasteiger partial charge is 0.276 e. The summed E-state index contributed by atoms with van der Waals surface area (Å²) in [5.41, 5.74) is 1.19. The summed E-state index contributed by atoms with van der Waals surface area (Å²) in [7, 11) is 0. The van der Waals surface area contributed by atoms with Gasteiger partial charge in [-0.2, -0.15) is 0 Å². The Morgan fingerprint density at radius 2 is 1.80 bits per heavy atom. The van der Waals surface area contributed by atoms with Gasteiger partial charge in [0.1, 0.15) is 6.61 Å². The minimum absolute atomic E-state index is 0.132. The normalized spacial score (nSPS) is 15.9. The van der Waals surface area contributed by atoms with Crippen LogP contribution in [0.1, 0.15) is 40.2 Å². The van der Waals surface area contributed by atoms with Gasteiger partial charge in [0.05, 0.1) is 18.4 Å². The topological polar surface area (TPSA) is 131 Å². The Morgan fingerprint density at radius 1 is 0.971 bits per heavy atom. The number of aromatic nitrogens is 4. The van der Waals surface area contributed by atoms with Gasteiger partial charge < -0.3 is 20.3 Å². The van der Waals surface area contributed by atoms with Gasteiger partial charge >= 0.3 is 0 Å². The molecule has 1 aliphatic heterocycles. The Hall–Kier alpha value is -4.28. The summed E-state index contributed by atoms with van der Waals surface area (Å²) < 4.78 is 7.18. The standard InChI is InChI=1S/C24H27N7O4/c32-21-10-5-14-30(24(34)19-17-31(29-28-19)18-7-2-1-3-8-18)15-6-12-27-23(33)22-20(9-4-11-26-22)35-16-13-25-21/h1-4,7-9,11,17H,5-6,10,12-16H2,(H,25,32)(H,27,33). The Morgan fingerprint density at radius 3 is 2.66 bits per heavy atom. The van der Waals surface area contributed by atoms with Gasteiger partial charge in [0.2, 0.25) is 5.91 Å². The molecule has 2 N–H and O–H groups in total. The number of carbonyl (C=O) groups is 3. The van der Waals surface area contributed by atoms with Gasteiger partial charge in [0, 0.05) is 32.3 Å². The second-order valence-corrected chi connectivity index (χ2v) is 7.94. The predicted octanol–water partition coefficient (Wildman–Crippen LogP) is 1.21. The van der Waals surface area contributed by atoms with Crippen LogP contribution in [0.25, 0.3) is 5.69 Å². The van der Waals surface area contributed by atoms with Crippen LogP contribution in [0.4, 0.5) is 0 Å². The fraction of sp³-hybridized carbons (Fsp3) is 0.333. The summed E-state index contributed by atoms with van der Waals surface area (Å²) in [6, 6.07) is 12.7. The molecular weight excluding hydrogens is 450 g/mol. The average molecular weight is 478 g/mol. The number of rotatable bonds is 2. The van der Waals surface area contributed by atoms with E-state index in [2.05, 4.69) is 25.9 Å². The van der Waals surface area contributed by atoms with Gasteiger partial charge in [-0.25, -0.2) is 9.67 Å². The molecule has 3 amide bonds. The molecular formula is C24H27N7O4. The number of pyridine rings is 1. The molecule has 1 aliphatic rings. The molecule has 0 atom stereocenters. The Kier molecular flexibility index (Phi) is 8.00. The SMILES string of the molecule is O=C1CCCN(C(=O)c2cn(-c3ccccc3)nn2)CCCNC(=O)c2ncccc2OCCN1. The number of benzene rings is 1. The van der Waals surface area contributed by atoms with Crippen LogP contribution < -0.4 is 15.4 Å². The molecule has 35 heavy (non-hydrogen) atoms. The molecule has 2 aromatic heterocycles. The molecule has 3 heterocycles. The molecule has 0 saturated heterocycles. The minimum atomic E-state index is -0.361. The lowest BCUT2D eigenvalue weighted by Gasteiger charge is -2.22. The zero-order chi connectivity index (χ0) is 24.5. The summed E-state index contributed by atoms with van der Waals surface area (Å²) in [4.78, 5) is 43.8. The van der Waals surface area contributed by atoms with E-state index in [0.29, 0.717) is 44.8 Å². The van der Waals surface area contributed by atoms with E-state index < -0.39 is 0 Å². The third-order valence-electron chi connectivity index (χ3n) is 5.41. The second kappa shape index (κ2) is 11.7. The highest BCUT2D eigenvalue weighted by Gasteiger charge is 2.20. The van der Waals surface area contributed by atoms with Gasteiger partial charge in [0.25, 0.3) is 11.8 Å². The highest BCUT2D eigenvalue weighted by Crippen LogP contribution is 2.15. The number of amides is 3. The third-order valence-corrected chi connectivity index (χ3v) is 5.41. The van der Waals surface area contributed by atoms with Crippen molar-refractivity contribution in [1.82, 2.24) is 35.5 Å². The van der Waals surface area contributed by atoms with Crippen LogP contribution in [0.3, 0.4) is 0 Å². The van der Waals surface area contributed by atoms with E-state index in [1.165, 1.54) is 6.20 Å². The Labute approximate surface area is 202 Å². The highest BCUT2D eigenvalue weighted by molar-refractivity contribution is 5.95. The lowest BCUT2D eigenvalue weighted by Crippen LogP contribution is -2.36. The number of nitrogens with one attached hydrogen (secondary N) is 2. The van der Waals surface area contributed by atoms with E-state index in [9.17, 15) is 14.4 Å². The van der Waals surface area contributed by atoms with Crippen LogP contribution >= 0.6 is 0 Å². The summed E-state index contributed by atoms with van der Waals surface area (Å²) in [6.45, 7) is 1.60. The van der Waals surface area contributed by atoms with Gasteiger partial charge in [-0.05, 0) is 37.1 Å². The van der Waals surface area contributed by atoms with Crippen molar-refractivity contribution in [2.24, 2.45) is 0 Å². The molecule has 0 spiro atoms. The monoisotopic (exact) mass is 477 g/mol. The molecule has 0 radical (unpaired) electrons. The van der Waals surface area contributed by atoms with Crippen LogP contribution in [-0.2, 0) is 4.79 Å². The number of ether oxygens (including phenoxy) is 1. The van der Waals surface area contributed by atoms with E-state index in [1.807, 2.05) is 30.3 Å². The second-order valence-electron chi connectivity index (χ2n) is 7.94. The Bertz CT molecular complexity index is 1170. The van der Waals surface area contributed by atoms with E-state index in [-0.39, 0.29) is 42.1 Å². The van der Waals surface area contributed by atoms with Crippen molar-refractivity contribution >= 4 is 17.7 Å². The number of hydrogen-bond acceptors (Lipinski definition) is 7. The lowest BCUT2D eigenvalue weighted by atomic mass is 10.2. The van der Waals surface area contributed by atoms with Crippen LogP contribution in [0.15, 0.2) is 54.9 Å². The Balaban J connectivity index is 1.45. The molecule has 11 nitrogen and oxygen atoms in total. The number of hydrogen-bond donors (Lipinski definition) is 2. The number of fused-ring (bicyclic) bond motifs is 1. The third kappa shape index (κ3) is 6.40. The fourth-order valence-electron chi connectivity index (χ4n) is 3.65. The molecule has 0 fully saturated rings. The molecule has 0 saturated carbocycles. The van der Waals surface area contributed by atoms with Crippen LogP contribution in [0, 0.1) is 0 Å². The van der Waals surface area contributed by atoms with Crippen LogP contribution in [0.5, 0.6) is 5.75 Å². The van der Waals surface area contributed by atoms with Crippen molar-refractivity contribution in [3.8, 4) is 11.4 Å². The van der Waals surface area contributed by atoms with Crippen LogP contribution in [-0.4, -0.2) is 75.4 Å². The van der Waals surface area contributed by atoms with E-state index in [1.54, 1.807) is 27.9 Å². The van der Waals surface area contributed by atoms with Crippen LogP contribution in [0.2, 0.25) is 0 Å². The van der Waals surface area contributed by atoms with Gasteiger partial charge in [-0.1, -0.05) is 23.4 Å². The van der Waals surface area contributed by atoms with E-state index >= 15 is 0 Å². The molecule has 182 valence electrons. The number of carbonyl (C=O) groups excluding carboxylic acids is 3. The molecule has 3 aromatic rings. The van der Waals surface area contributed by atoms with Gasteiger partial charge in [-0.3, -0.25) is 14.4 Å². The number of para-hydroxylation sites is 1. The van der Waals surface area contributed by atoms with Crippen molar-refractivity contribution in [2.45, 2.75) is 19.3 Å². The van der Waals surface area contributed by atoms with Crippen molar-refractivity contribution in [2.75, 3.05) is 32.8 Å². The first kappa shape index (κ1) is 23.9. The molecule has 0 unspecified atom stereocenters. The zero-order valence-electron chi connectivity index (χ0n) is 19.2. The fourth-order valence-corrected chi connectivity index (χ4v) is 3.65. The van der Waals surface area contributed by atoms with E-state index in [0.717, 1.165) is 5.69 Å². The summed E-state index contributed by atoms with van der Waals surface area (Å²) >= 11 is 0. The molecule has 0 bridgehead atoms. The van der Waals surface area contributed by atoms with Gasteiger partial charge in [-0.15, -0.1) is 5.10 Å². The maximum absolute atomic E-state index is 13.2. The summed E-state index contributed by atoms with van der Waals surface area (Å²) in [5, 5.41) is 13.7. The maximum Gasteiger partial charge on any atom is 0.276 e. The average Bonchev–Trinajstić information content (AvgIpc) is 3.38. The molecule has 11 heteroatoms. The lowest BCUT2D eigenvalue weighted by molar-refractivity contribution is -0.121. The molecule has 1 aromatic carbocycles. The van der Waals surface area contributed by atoms with Crippen molar-refractivity contribution < 1.29 is 19.1 Å². The van der Waals surface area contributed by atoms with E-state index in [4.69, 9.17) is 4.74 Å². The maximum atomic E-state index is 13.2. The van der Waals surface area contributed by atoms with Gasteiger partial charge in [0.15, 0.2) is 17.1 Å². The largest absolute Gasteiger partial charge is 0.489 e. The summed E-state index contributed by atoms with van der Waals surface area (Å²) in [6.07, 6.45) is 4.39. The zero-order valence-corrected chi connectivity index (χ0v) is 19.2. The molecule has 0 aliphatic carbocycles. The highest BCUT2D eigenvalue weighted by atomic mass is 16.5. The minimum Gasteiger partial charge on any atom is -0.489 e. The molecule has 4 rings (SSSR count).